The fourth-order valence-electron chi connectivity index (χ4n) is 3.27. The van der Waals surface area contributed by atoms with Crippen molar-refractivity contribution in [2.75, 3.05) is 6.61 Å². The van der Waals surface area contributed by atoms with Gasteiger partial charge in [-0.25, -0.2) is 4.98 Å². The normalized spacial score (nSPS) is 19.3. The van der Waals surface area contributed by atoms with Gasteiger partial charge in [-0.3, -0.25) is 4.79 Å². The highest BCUT2D eigenvalue weighted by Crippen LogP contribution is 2.47. The number of amides is 1. The van der Waals surface area contributed by atoms with E-state index in [1.54, 1.807) is 19.2 Å². The fourth-order valence-corrected chi connectivity index (χ4v) is 4.12. The van der Waals surface area contributed by atoms with Crippen molar-refractivity contribution in [1.82, 2.24) is 15.3 Å². The second kappa shape index (κ2) is 8.14. The van der Waals surface area contributed by atoms with E-state index in [2.05, 4.69) is 15.3 Å². The molecule has 2 heterocycles. The molecule has 0 saturated heterocycles. The Balaban J connectivity index is 1.31. The van der Waals surface area contributed by atoms with Crippen molar-refractivity contribution in [3.05, 3.63) is 59.4 Å². The van der Waals surface area contributed by atoms with Crippen LogP contribution in [0.5, 0.6) is 5.06 Å². The molecule has 0 spiro atoms. The molecule has 2 aromatic heterocycles. The minimum Gasteiger partial charge on any atom is -0.475 e. The molecular weight excluding hydrogens is 415 g/mol. The number of nitrogens with zero attached hydrogens (tertiary/aromatic N) is 1. The molecule has 1 fully saturated rings. The number of aromatic nitrogens is 2. The van der Waals surface area contributed by atoms with Crippen LogP contribution in [0.3, 0.4) is 0 Å². The highest BCUT2D eigenvalue weighted by molar-refractivity contribution is 7.13. The Hall–Kier alpha value is -2.81. The van der Waals surface area contributed by atoms with Crippen LogP contribution in [0, 0.1) is 5.92 Å². The third-order valence-electron chi connectivity index (χ3n) is 4.92. The van der Waals surface area contributed by atoms with E-state index in [0.717, 1.165) is 33.3 Å². The van der Waals surface area contributed by atoms with E-state index in [9.17, 15) is 18.0 Å². The van der Waals surface area contributed by atoms with Crippen LogP contribution < -0.4 is 10.1 Å². The minimum atomic E-state index is -4.38. The number of thiophene rings is 1. The number of carbonyl (C=O) groups excluding carboxylic acids is 1. The van der Waals surface area contributed by atoms with Gasteiger partial charge >= 0.3 is 6.18 Å². The monoisotopic (exact) mass is 435 g/mol. The Morgan fingerprint density at radius 1 is 1.30 bits per heavy atom. The second-order valence-electron chi connectivity index (χ2n) is 7.29. The summed E-state index contributed by atoms with van der Waals surface area (Å²) >= 11 is 1.10. The van der Waals surface area contributed by atoms with E-state index in [0.29, 0.717) is 6.42 Å². The molecule has 1 saturated carbocycles. The number of benzene rings is 1. The number of aromatic amines is 1. The molecule has 0 aliphatic heterocycles. The lowest BCUT2D eigenvalue weighted by Crippen LogP contribution is -2.28. The molecule has 9 heteroatoms. The van der Waals surface area contributed by atoms with Gasteiger partial charge in [0.2, 0.25) is 5.91 Å². The number of H-pyrrole nitrogens is 1. The summed E-state index contributed by atoms with van der Waals surface area (Å²) in [4.78, 5) is 21.0. The average Bonchev–Trinajstić information content (AvgIpc) is 3.14. The van der Waals surface area contributed by atoms with Gasteiger partial charge in [-0.15, -0.1) is 11.3 Å². The minimum absolute atomic E-state index is 0.0451. The van der Waals surface area contributed by atoms with Crippen molar-refractivity contribution in [2.24, 2.45) is 5.92 Å². The van der Waals surface area contributed by atoms with E-state index < -0.39 is 12.8 Å². The van der Waals surface area contributed by atoms with Gasteiger partial charge in [-0.2, -0.15) is 13.2 Å². The van der Waals surface area contributed by atoms with Gasteiger partial charge in [0.1, 0.15) is 5.82 Å². The summed E-state index contributed by atoms with van der Waals surface area (Å²) in [5.74, 6) is 0.587. The molecule has 1 aliphatic rings. The summed E-state index contributed by atoms with van der Waals surface area (Å²) in [5, 5.41) is 3.11. The van der Waals surface area contributed by atoms with Gasteiger partial charge in [0.05, 0.1) is 17.9 Å². The van der Waals surface area contributed by atoms with Gasteiger partial charge < -0.3 is 15.0 Å². The number of alkyl halides is 3. The fraction of sp³-hybridized carbons (Fsp3) is 0.333. The smallest absolute Gasteiger partial charge is 0.422 e. The number of rotatable bonds is 7. The largest absolute Gasteiger partial charge is 0.475 e. The first kappa shape index (κ1) is 20.5. The lowest BCUT2D eigenvalue weighted by Gasteiger charge is -2.12. The van der Waals surface area contributed by atoms with Crippen LogP contribution in [0.1, 0.15) is 36.0 Å². The summed E-state index contributed by atoms with van der Waals surface area (Å²) < 4.78 is 41.5. The second-order valence-corrected chi connectivity index (χ2v) is 8.37. The topological polar surface area (TPSA) is 67.0 Å². The predicted octanol–water partition coefficient (Wildman–Crippen LogP) is 5.06. The Kier molecular flexibility index (Phi) is 5.55. The molecule has 3 atom stereocenters. The first-order valence-electron chi connectivity index (χ1n) is 9.50. The third-order valence-corrected chi connectivity index (χ3v) is 6.10. The van der Waals surface area contributed by atoms with Crippen LogP contribution in [-0.4, -0.2) is 28.7 Å². The highest BCUT2D eigenvalue weighted by atomic mass is 32.1. The molecule has 3 aromatic rings. The molecule has 2 N–H and O–H groups in total. The van der Waals surface area contributed by atoms with Crippen molar-refractivity contribution in [2.45, 2.75) is 31.5 Å². The number of hydrogen-bond acceptors (Lipinski definition) is 4. The molecule has 1 aromatic carbocycles. The average molecular weight is 435 g/mol. The lowest BCUT2D eigenvalue weighted by molar-refractivity contribution is -0.152. The number of ether oxygens (including phenoxy) is 1. The maximum Gasteiger partial charge on any atom is 0.422 e. The van der Waals surface area contributed by atoms with Crippen LogP contribution >= 0.6 is 11.3 Å². The third kappa shape index (κ3) is 4.84. The van der Waals surface area contributed by atoms with Crippen LogP contribution in [0.2, 0.25) is 0 Å². The number of halogens is 3. The number of hydrogen-bond donors (Lipinski definition) is 2. The standard InChI is InChI=1S/C21H20F3N3O2S/c1-12(17-7-8-18(30-17)29-11-21(22,23)24)26-20(28)15-9-14(15)19-25-10-16(27-19)13-5-3-2-4-6-13/h2-8,10,12,14-15H,9,11H2,1H3,(H,25,27)(H,26,28)/t12-,14-,15-/m1/s1. The number of imidazole rings is 1. The maximum atomic E-state index is 12.6. The van der Waals surface area contributed by atoms with Crippen LogP contribution in [-0.2, 0) is 4.79 Å². The molecule has 1 aliphatic carbocycles. The van der Waals surface area contributed by atoms with Gasteiger partial charge in [0.25, 0.3) is 0 Å². The van der Waals surface area contributed by atoms with Gasteiger partial charge in [-0.05, 0) is 31.0 Å². The molecule has 158 valence electrons. The first-order valence-corrected chi connectivity index (χ1v) is 10.3. The van der Waals surface area contributed by atoms with Crippen LogP contribution in [0.15, 0.2) is 48.7 Å². The van der Waals surface area contributed by atoms with E-state index in [4.69, 9.17) is 4.74 Å². The van der Waals surface area contributed by atoms with Crippen molar-refractivity contribution in [3.8, 4) is 16.3 Å². The highest BCUT2D eigenvalue weighted by Gasteiger charge is 2.46. The first-order chi connectivity index (χ1) is 14.3. The summed E-state index contributed by atoms with van der Waals surface area (Å²) in [6, 6.07) is 12.7. The Bertz CT molecular complexity index is 1020. The molecule has 0 bridgehead atoms. The zero-order valence-corrected chi connectivity index (χ0v) is 16.9. The van der Waals surface area contributed by atoms with Gasteiger partial charge in [0.15, 0.2) is 11.7 Å². The quantitative estimate of drug-likeness (QED) is 0.545. The predicted molar refractivity (Wildman–Crippen MR) is 107 cm³/mol. The van der Waals surface area contributed by atoms with E-state index in [1.165, 1.54) is 6.07 Å². The zero-order chi connectivity index (χ0) is 21.3. The van der Waals surface area contributed by atoms with E-state index in [1.807, 2.05) is 30.3 Å². The van der Waals surface area contributed by atoms with Crippen molar-refractivity contribution in [1.29, 1.82) is 0 Å². The molecule has 0 radical (unpaired) electrons. The zero-order valence-electron chi connectivity index (χ0n) is 16.1. The number of carbonyl (C=O) groups is 1. The Labute approximate surface area is 175 Å². The SMILES string of the molecule is C[C@@H](NC(=O)[C@@H]1C[C@H]1c1ncc(-c2ccccc2)[nH]1)c1ccc(OCC(F)(F)F)s1. The Morgan fingerprint density at radius 2 is 2.07 bits per heavy atom. The molecule has 0 unspecified atom stereocenters. The van der Waals surface area contributed by atoms with Crippen LogP contribution in [0.4, 0.5) is 13.2 Å². The van der Waals surface area contributed by atoms with E-state index in [-0.39, 0.29) is 28.8 Å². The summed E-state index contributed by atoms with van der Waals surface area (Å²) in [7, 11) is 0. The van der Waals surface area contributed by atoms with Crippen molar-refractivity contribution in [3.63, 3.8) is 0 Å². The molecular formula is C21H20F3N3O2S. The van der Waals surface area contributed by atoms with Crippen LogP contribution in [0.25, 0.3) is 11.3 Å². The van der Waals surface area contributed by atoms with Crippen molar-refractivity contribution < 1.29 is 22.7 Å². The number of nitrogens with one attached hydrogen (secondary N) is 2. The summed E-state index contributed by atoms with van der Waals surface area (Å²) in [6.45, 7) is 0.473. The molecule has 5 nitrogen and oxygen atoms in total. The maximum absolute atomic E-state index is 12.6. The summed E-state index contributed by atoms with van der Waals surface area (Å²) in [5.41, 5.74) is 1.95. The lowest BCUT2D eigenvalue weighted by atomic mass is 10.2. The Morgan fingerprint density at radius 3 is 2.80 bits per heavy atom. The van der Waals surface area contributed by atoms with Gasteiger partial charge in [-0.1, -0.05) is 30.3 Å². The van der Waals surface area contributed by atoms with E-state index >= 15 is 0 Å². The summed E-state index contributed by atoms with van der Waals surface area (Å²) in [6.07, 6.45) is -1.89. The molecule has 1 amide bonds. The van der Waals surface area contributed by atoms with Crippen molar-refractivity contribution >= 4 is 17.2 Å². The molecule has 4 rings (SSSR count). The molecule has 30 heavy (non-hydrogen) atoms. The van der Waals surface area contributed by atoms with Gasteiger partial charge in [0, 0.05) is 16.7 Å².